The summed E-state index contributed by atoms with van der Waals surface area (Å²) in [6, 6.07) is 2.69. The van der Waals surface area contributed by atoms with Gasteiger partial charge in [-0.2, -0.15) is 0 Å². The highest BCUT2D eigenvalue weighted by Gasteiger charge is 2.31. The second-order valence-corrected chi connectivity index (χ2v) is 10.1. The molecule has 0 aliphatic rings. The van der Waals surface area contributed by atoms with Gasteiger partial charge in [-0.25, -0.2) is 8.42 Å². The van der Waals surface area contributed by atoms with Gasteiger partial charge in [-0.1, -0.05) is 36.1 Å². The van der Waals surface area contributed by atoms with Gasteiger partial charge in [0.25, 0.3) is 5.69 Å². The lowest BCUT2D eigenvalue weighted by Crippen LogP contribution is -2.45. The predicted molar refractivity (Wildman–Crippen MR) is 110 cm³/mol. The second-order valence-electron chi connectivity index (χ2n) is 5.76. The van der Waals surface area contributed by atoms with Gasteiger partial charge < -0.3 is 0 Å². The number of nitro benzene ring substituents is 1. The molecule has 0 saturated heterocycles. The van der Waals surface area contributed by atoms with Crippen LogP contribution in [0.25, 0.3) is 0 Å². The molecule has 1 unspecified atom stereocenters. The highest BCUT2D eigenvalue weighted by molar-refractivity contribution is 8.01. The number of benzene rings is 1. The molecule has 0 radical (unpaired) electrons. The van der Waals surface area contributed by atoms with E-state index in [1.807, 2.05) is 6.92 Å². The number of sulfonamides is 1. The van der Waals surface area contributed by atoms with E-state index < -0.39 is 26.9 Å². The molecule has 0 aliphatic carbocycles. The molecule has 0 spiro atoms. The van der Waals surface area contributed by atoms with Crippen LogP contribution in [0.4, 0.5) is 16.5 Å². The van der Waals surface area contributed by atoms with Crippen LogP contribution in [0.1, 0.15) is 19.4 Å². The number of nitrogens with zero attached hydrogens (tertiary/aromatic N) is 4. The van der Waals surface area contributed by atoms with Gasteiger partial charge >= 0.3 is 0 Å². The summed E-state index contributed by atoms with van der Waals surface area (Å²) in [5, 5.41) is 21.7. The van der Waals surface area contributed by atoms with Gasteiger partial charge in [-0.05, 0) is 25.2 Å². The van der Waals surface area contributed by atoms with Crippen molar-refractivity contribution in [2.24, 2.45) is 0 Å². The third-order valence-electron chi connectivity index (χ3n) is 3.63. The monoisotopic (exact) mass is 445 g/mol. The number of carbonyl (C=O) groups excluding carboxylic acids is 1. The lowest BCUT2D eigenvalue weighted by Gasteiger charge is -2.29. The van der Waals surface area contributed by atoms with E-state index in [9.17, 15) is 23.3 Å². The molecule has 1 N–H and O–H groups in total. The Morgan fingerprint density at radius 3 is 2.68 bits per heavy atom. The van der Waals surface area contributed by atoms with Crippen LogP contribution in [0.2, 0.25) is 0 Å². The Kier molecular flexibility index (Phi) is 6.96. The fourth-order valence-electron chi connectivity index (χ4n) is 2.38. The van der Waals surface area contributed by atoms with E-state index >= 15 is 0 Å². The Bertz CT molecular complexity index is 992. The summed E-state index contributed by atoms with van der Waals surface area (Å²) >= 11 is 2.65. The zero-order valence-corrected chi connectivity index (χ0v) is 18.0. The molecule has 2 rings (SSSR count). The number of nitro groups is 1. The van der Waals surface area contributed by atoms with Gasteiger partial charge in [0.15, 0.2) is 4.34 Å². The Balaban J connectivity index is 2.36. The van der Waals surface area contributed by atoms with Crippen molar-refractivity contribution in [3.63, 3.8) is 0 Å². The van der Waals surface area contributed by atoms with E-state index in [4.69, 9.17) is 0 Å². The van der Waals surface area contributed by atoms with Crippen LogP contribution < -0.4 is 9.62 Å². The van der Waals surface area contributed by atoms with Crippen LogP contribution in [0.15, 0.2) is 22.5 Å². The van der Waals surface area contributed by atoms with Crippen molar-refractivity contribution >= 4 is 55.5 Å². The molecule has 0 saturated carbocycles. The third-order valence-corrected chi connectivity index (χ3v) is 6.72. The molecule has 28 heavy (non-hydrogen) atoms. The fraction of sp³-hybridized carbons (Fsp3) is 0.400. The molecule has 1 aromatic carbocycles. The molecular weight excluding hydrogens is 426 g/mol. The topological polar surface area (TPSA) is 135 Å². The smallest absolute Gasteiger partial charge is 0.271 e. The summed E-state index contributed by atoms with van der Waals surface area (Å²) in [6.07, 6.45) is 0.940. The molecule has 152 valence electrons. The molecule has 1 aromatic heterocycles. The first kappa shape index (κ1) is 22.0. The number of anilines is 2. The van der Waals surface area contributed by atoms with Crippen LogP contribution in [0, 0.1) is 17.0 Å². The van der Waals surface area contributed by atoms with Crippen molar-refractivity contribution in [3.05, 3.63) is 33.9 Å². The van der Waals surface area contributed by atoms with Gasteiger partial charge in [0.1, 0.15) is 6.04 Å². The Labute approximate surface area is 170 Å². The SMILES string of the molecule is CCSc1nnc(NC(=O)C(C)N(c2cc([N+](=O)[O-])ccc2C)S(C)(=O)=O)s1. The number of aromatic nitrogens is 2. The Hall–Kier alpha value is -2.25. The summed E-state index contributed by atoms with van der Waals surface area (Å²) < 4.78 is 26.3. The first-order valence-corrected chi connectivity index (χ1v) is 11.7. The molecule has 13 heteroatoms. The van der Waals surface area contributed by atoms with Crippen LogP contribution in [0.5, 0.6) is 0 Å². The predicted octanol–water partition coefficient (Wildman–Crippen LogP) is 2.66. The minimum absolute atomic E-state index is 0.0684. The maximum Gasteiger partial charge on any atom is 0.271 e. The van der Waals surface area contributed by atoms with Gasteiger partial charge in [0.2, 0.25) is 21.1 Å². The lowest BCUT2D eigenvalue weighted by molar-refractivity contribution is -0.384. The van der Waals surface area contributed by atoms with E-state index in [1.54, 1.807) is 6.92 Å². The standard InChI is InChI=1S/C15H19N5O5S3/c1-5-26-15-18-17-14(27-15)16-13(21)10(3)19(28(4,24)25)12-8-11(20(22)23)7-6-9(12)2/h6-8,10H,5H2,1-4H3,(H,16,17,21). The van der Waals surface area contributed by atoms with E-state index in [-0.39, 0.29) is 16.5 Å². The quantitative estimate of drug-likeness (QED) is 0.283. The number of hydrogen-bond acceptors (Lipinski definition) is 9. The maximum atomic E-state index is 12.7. The first-order valence-electron chi connectivity index (χ1n) is 8.06. The van der Waals surface area contributed by atoms with E-state index in [0.717, 1.165) is 22.4 Å². The minimum Gasteiger partial charge on any atom is -0.299 e. The summed E-state index contributed by atoms with van der Waals surface area (Å²) in [7, 11) is -3.91. The highest BCUT2D eigenvalue weighted by Crippen LogP contribution is 2.30. The number of amides is 1. The molecule has 0 bridgehead atoms. The molecule has 0 fully saturated rings. The summed E-state index contributed by atoms with van der Waals surface area (Å²) in [4.78, 5) is 23.1. The number of non-ortho nitro benzene ring substituents is 1. The zero-order valence-electron chi connectivity index (χ0n) is 15.6. The molecule has 2 aromatic rings. The van der Waals surface area contributed by atoms with E-state index in [2.05, 4.69) is 15.5 Å². The molecule has 1 heterocycles. The van der Waals surface area contributed by atoms with E-state index in [1.165, 1.54) is 42.2 Å². The van der Waals surface area contributed by atoms with Crippen molar-refractivity contribution in [2.45, 2.75) is 31.2 Å². The average Bonchev–Trinajstić information content (AvgIpc) is 3.02. The van der Waals surface area contributed by atoms with Crippen molar-refractivity contribution in [2.75, 3.05) is 21.6 Å². The van der Waals surface area contributed by atoms with Gasteiger partial charge in [-0.15, -0.1) is 10.2 Å². The molecule has 0 aliphatic heterocycles. The van der Waals surface area contributed by atoms with Crippen molar-refractivity contribution in [1.82, 2.24) is 10.2 Å². The summed E-state index contributed by atoms with van der Waals surface area (Å²) in [5.74, 6) is 0.174. The summed E-state index contributed by atoms with van der Waals surface area (Å²) in [5.41, 5.74) is 0.277. The number of nitrogens with one attached hydrogen (secondary N) is 1. The van der Waals surface area contributed by atoms with Gasteiger partial charge in [-0.3, -0.25) is 24.5 Å². The van der Waals surface area contributed by atoms with Gasteiger partial charge in [0, 0.05) is 12.1 Å². The molecule has 1 amide bonds. The number of thioether (sulfide) groups is 1. The summed E-state index contributed by atoms with van der Waals surface area (Å²) in [6.45, 7) is 4.97. The highest BCUT2D eigenvalue weighted by atomic mass is 32.2. The van der Waals surface area contributed by atoms with Crippen LogP contribution >= 0.6 is 23.1 Å². The normalized spacial score (nSPS) is 12.4. The first-order chi connectivity index (χ1) is 13.0. The average molecular weight is 446 g/mol. The van der Waals surface area contributed by atoms with E-state index in [0.29, 0.717) is 9.90 Å². The number of carbonyl (C=O) groups is 1. The second kappa shape index (κ2) is 8.84. The fourth-order valence-corrected chi connectivity index (χ4v) is 5.26. The number of rotatable bonds is 8. The lowest BCUT2D eigenvalue weighted by atomic mass is 10.1. The maximum absolute atomic E-state index is 12.7. The largest absolute Gasteiger partial charge is 0.299 e. The van der Waals surface area contributed by atoms with Gasteiger partial charge in [0.05, 0.1) is 16.9 Å². The van der Waals surface area contributed by atoms with Crippen LogP contribution in [-0.4, -0.2) is 47.5 Å². The third kappa shape index (κ3) is 5.17. The van der Waals surface area contributed by atoms with Crippen molar-refractivity contribution in [1.29, 1.82) is 0 Å². The Morgan fingerprint density at radius 1 is 1.43 bits per heavy atom. The van der Waals surface area contributed by atoms with Crippen molar-refractivity contribution < 1.29 is 18.1 Å². The minimum atomic E-state index is -3.91. The molecular formula is C15H19N5O5S3. The molecule has 10 nitrogen and oxygen atoms in total. The van der Waals surface area contributed by atoms with Crippen LogP contribution in [-0.2, 0) is 14.8 Å². The Morgan fingerprint density at radius 2 is 2.11 bits per heavy atom. The number of hydrogen-bond donors (Lipinski definition) is 1. The number of aryl methyl sites for hydroxylation is 1. The van der Waals surface area contributed by atoms with Crippen molar-refractivity contribution in [3.8, 4) is 0 Å². The molecule has 1 atom stereocenters. The zero-order chi connectivity index (χ0) is 21.1. The van der Waals surface area contributed by atoms with Crippen LogP contribution in [0.3, 0.4) is 0 Å².